The molecule has 2 aromatic heterocycles. The average Bonchev–Trinajstić information content (AvgIpc) is 3.04. The number of fused-ring (bicyclic) bond motifs is 1. The molecule has 0 saturated heterocycles. The van der Waals surface area contributed by atoms with Crippen LogP contribution in [0.2, 0.25) is 0 Å². The minimum atomic E-state index is -3.52. The van der Waals surface area contributed by atoms with Crippen molar-refractivity contribution in [1.82, 2.24) is 14.5 Å². The molecule has 2 heterocycles. The van der Waals surface area contributed by atoms with Gasteiger partial charge < -0.3 is 9.30 Å². The van der Waals surface area contributed by atoms with Gasteiger partial charge in [0.15, 0.2) is 0 Å². The fourth-order valence-corrected chi connectivity index (χ4v) is 2.74. The van der Waals surface area contributed by atoms with Crippen molar-refractivity contribution in [3.63, 3.8) is 0 Å². The van der Waals surface area contributed by atoms with E-state index in [4.69, 9.17) is 4.74 Å². The van der Waals surface area contributed by atoms with Crippen LogP contribution in [0.15, 0.2) is 11.4 Å². The van der Waals surface area contributed by atoms with E-state index >= 15 is 0 Å². The SMILES string of the molecule is Cn1c(S(C)(=O)=O)nc2cnc(OC3CC3)c(F)c21. The number of hydrogen-bond acceptors (Lipinski definition) is 5. The Morgan fingerprint density at radius 1 is 1.47 bits per heavy atom. The quantitative estimate of drug-likeness (QED) is 0.842. The molecule has 0 amide bonds. The summed E-state index contributed by atoms with van der Waals surface area (Å²) in [5.74, 6) is -0.771. The maximum absolute atomic E-state index is 14.3. The zero-order valence-electron chi connectivity index (χ0n) is 10.4. The van der Waals surface area contributed by atoms with Crippen LogP contribution in [0.1, 0.15) is 12.8 Å². The summed E-state index contributed by atoms with van der Waals surface area (Å²) >= 11 is 0. The Labute approximate surface area is 109 Å². The van der Waals surface area contributed by atoms with Crippen LogP contribution in [-0.4, -0.2) is 35.3 Å². The van der Waals surface area contributed by atoms with Gasteiger partial charge >= 0.3 is 0 Å². The van der Waals surface area contributed by atoms with Crippen molar-refractivity contribution in [3.05, 3.63) is 12.0 Å². The minimum absolute atomic E-state index is 0.0158. The lowest BCUT2D eigenvalue weighted by molar-refractivity contribution is 0.276. The van der Waals surface area contributed by atoms with Crippen LogP contribution in [0.4, 0.5) is 4.39 Å². The highest BCUT2D eigenvalue weighted by Crippen LogP contribution is 2.30. The molecule has 1 aliphatic carbocycles. The maximum atomic E-state index is 14.3. The predicted octanol–water partition coefficient (Wildman–Crippen LogP) is 1.05. The van der Waals surface area contributed by atoms with E-state index in [0.717, 1.165) is 19.1 Å². The van der Waals surface area contributed by atoms with E-state index < -0.39 is 15.7 Å². The van der Waals surface area contributed by atoms with Crippen LogP contribution in [0.25, 0.3) is 11.0 Å². The van der Waals surface area contributed by atoms with Crippen LogP contribution in [-0.2, 0) is 16.9 Å². The molecule has 0 N–H and O–H groups in total. The van der Waals surface area contributed by atoms with Crippen molar-refractivity contribution in [2.75, 3.05) is 6.26 Å². The first-order valence-corrected chi connectivity index (χ1v) is 7.64. The number of hydrogen-bond donors (Lipinski definition) is 0. The summed E-state index contributed by atoms with van der Waals surface area (Å²) in [4.78, 5) is 7.75. The number of sulfone groups is 1. The van der Waals surface area contributed by atoms with Gasteiger partial charge in [-0.3, -0.25) is 0 Å². The lowest BCUT2D eigenvalue weighted by Gasteiger charge is -2.05. The highest BCUT2D eigenvalue weighted by atomic mass is 32.2. The van der Waals surface area contributed by atoms with E-state index in [1.807, 2.05) is 0 Å². The van der Waals surface area contributed by atoms with Gasteiger partial charge in [-0.2, -0.15) is 4.39 Å². The molecule has 0 aliphatic heterocycles. The molecule has 0 radical (unpaired) electrons. The van der Waals surface area contributed by atoms with Crippen molar-refractivity contribution in [1.29, 1.82) is 0 Å². The molecule has 1 fully saturated rings. The molecular weight excluding hydrogens is 273 g/mol. The highest BCUT2D eigenvalue weighted by molar-refractivity contribution is 7.90. The average molecular weight is 285 g/mol. The molecule has 1 aliphatic rings. The molecular formula is C11H12FN3O3S. The standard InChI is InChI=1S/C11H12FN3O3S/c1-15-9-7(14-11(15)19(2,16)17)5-13-10(8(9)12)18-6-3-4-6/h5-6H,3-4H2,1-2H3. The number of pyridine rings is 1. The second kappa shape index (κ2) is 3.89. The Hall–Kier alpha value is -1.70. The number of aromatic nitrogens is 3. The van der Waals surface area contributed by atoms with E-state index in [0.29, 0.717) is 0 Å². The first-order chi connectivity index (χ1) is 8.88. The summed E-state index contributed by atoms with van der Waals surface area (Å²) in [6.45, 7) is 0. The molecule has 3 rings (SSSR count). The molecule has 1 saturated carbocycles. The maximum Gasteiger partial charge on any atom is 0.253 e. The first-order valence-electron chi connectivity index (χ1n) is 5.75. The molecule has 102 valence electrons. The Balaban J connectivity index is 2.21. The molecule has 0 bridgehead atoms. The van der Waals surface area contributed by atoms with Gasteiger partial charge in [0.2, 0.25) is 20.8 Å². The molecule has 6 nitrogen and oxygen atoms in total. The van der Waals surface area contributed by atoms with Crippen molar-refractivity contribution >= 4 is 20.9 Å². The third-order valence-electron chi connectivity index (χ3n) is 2.92. The minimum Gasteiger partial charge on any atom is -0.472 e. The van der Waals surface area contributed by atoms with Crippen LogP contribution < -0.4 is 4.74 Å². The van der Waals surface area contributed by atoms with Gasteiger partial charge in [-0.1, -0.05) is 0 Å². The van der Waals surface area contributed by atoms with Gasteiger partial charge in [0.25, 0.3) is 5.88 Å². The summed E-state index contributed by atoms with van der Waals surface area (Å²) in [5, 5.41) is -0.188. The van der Waals surface area contributed by atoms with Crippen molar-refractivity contribution < 1.29 is 17.5 Å². The highest BCUT2D eigenvalue weighted by Gasteiger charge is 2.28. The van der Waals surface area contributed by atoms with Crippen molar-refractivity contribution in [3.8, 4) is 5.88 Å². The normalized spacial score (nSPS) is 15.9. The van der Waals surface area contributed by atoms with Crippen LogP contribution in [0, 0.1) is 5.82 Å². The van der Waals surface area contributed by atoms with Crippen LogP contribution in [0.3, 0.4) is 0 Å². The molecule has 8 heteroatoms. The van der Waals surface area contributed by atoms with E-state index in [2.05, 4.69) is 9.97 Å². The summed E-state index contributed by atoms with van der Waals surface area (Å²) in [7, 11) is -2.07. The Bertz CT molecular complexity index is 765. The topological polar surface area (TPSA) is 74.1 Å². The third-order valence-corrected chi connectivity index (χ3v) is 3.94. The fraction of sp³-hybridized carbons (Fsp3) is 0.455. The second-order valence-corrected chi connectivity index (χ2v) is 6.56. The summed E-state index contributed by atoms with van der Waals surface area (Å²) < 4.78 is 43.9. The summed E-state index contributed by atoms with van der Waals surface area (Å²) in [6, 6.07) is 0. The number of imidazole rings is 1. The predicted molar refractivity (Wildman–Crippen MR) is 65.2 cm³/mol. The lowest BCUT2D eigenvalue weighted by atomic mass is 10.4. The lowest BCUT2D eigenvalue weighted by Crippen LogP contribution is -2.06. The number of ether oxygens (including phenoxy) is 1. The fourth-order valence-electron chi connectivity index (χ4n) is 1.88. The van der Waals surface area contributed by atoms with Crippen LogP contribution in [0.5, 0.6) is 5.88 Å². The number of aryl methyl sites for hydroxylation is 1. The zero-order chi connectivity index (χ0) is 13.8. The Morgan fingerprint density at radius 2 is 2.16 bits per heavy atom. The van der Waals surface area contributed by atoms with Gasteiger partial charge in [0.05, 0.1) is 6.20 Å². The van der Waals surface area contributed by atoms with E-state index in [1.165, 1.54) is 17.8 Å². The van der Waals surface area contributed by atoms with Gasteiger partial charge in [-0.25, -0.2) is 18.4 Å². The van der Waals surface area contributed by atoms with Gasteiger partial charge in [-0.15, -0.1) is 0 Å². The molecule has 2 aromatic rings. The Morgan fingerprint density at radius 3 is 2.74 bits per heavy atom. The van der Waals surface area contributed by atoms with Gasteiger partial charge in [0.1, 0.15) is 17.1 Å². The molecule has 0 aromatic carbocycles. The number of halogens is 1. The largest absolute Gasteiger partial charge is 0.472 e. The van der Waals surface area contributed by atoms with Crippen LogP contribution >= 0.6 is 0 Å². The third kappa shape index (κ3) is 2.05. The van der Waals surface area contributed by atoms with E-state index in [1.54, 1.807) is 0 Å². The van der Waals surface area contributed by atoms with Gasteiger partial charge in [-0.05, 0) is 12.8 Å². The van der Waals surface area contributed by atoms with Crippen molar-refractivity contribution in [2.24, 2.45) is 7.05 Å². The molecule has 19 heavy (non-hydrogen) atoms. The molecule has 0 spiro atoms. The monoisotopic (exact) mass is 285 g/mol. The smallest absolute Gasteiger partial charge is 0.253 e. The second-order valence-electron chi connectivity index (χ2n) is 4.65. The Kier molecular flexibility index (Phi) is 2.53. The molecule has 0 atom stereocenters. The zero-order valence-corrected chi connectivity index (χ0v) is 11.2. The summed E-state index contributed by atoms with van der Waals surface area (Å²) in [5.41, 5.74) is 0.287. The van der Waals surface area contributed by atoms with Crippen molar-refractivity contribution in [2.45, 2.75) is 24.1 Å². The van der Waals surface area contributed by atoms with E-state index in [9.17, 15) is 12.8 Å². The molecule has 0 unspecified atom stereocenters. The number of rotatable bonds is 3. The van der Waals surface area contributed by atoms with E-state index in [-0.39, 0.29) is 28.2 Å². The van der Waals surface area contributed by atoms with Gasteiger partial charge in [0, 0.05) is 13.3 Å². The number of nitrogens with zero attached hydrogens (tertiary/aromatic N) is 3. The first kappa shape index (κ1) is 12.3. The summed E-state index contributed by atoms with van der Waals surface area (Å²) in [6.07, 6.45) is 4.14.